The molecule has 0 rings (SSSR count). The van der Waals surface area contributed by atoms with Gasteiger partial charge in [-0.1, -0.05) is 0 Å². The molecule has 0 radical (unpaired) electrons. The molecular weight excluding hydrogens is 357 g/mol. The highest BCUT2D eigenvalue weighted by atomic mass is 16.5. The number of amides is 3. The van der Waals surface area contributed by atoms with Crippen LogP contribution >= 0.6 is 0 Å². The molecule has 0 aliphatic rings. The van der Waals surface area contributed by atoms with Crippen LogP contribution in [0.5, 0.6) is 0 Å². The second kappa shape index (κ2) is 14.6. The molecule has 10 nitrogen and oxygen atoms in total. The van der Waals surface area contributed by atoms with Crippen molar-refractivity contribution in [1.29, 1.82) is 0 Å². The van der Waals surface area contributed by atoms with Crippen molar-refractivity contribution in [3.8, 4) is 0 Å². The van der Waals surface area contributed by atoms with Crippen molar-refractivity contribution in [3.05, 3.63) is 0 Å². The smallest absolute Gasteiger partial charge is 0.306 e. The molecule has 0 fully saturated rings. The molecule has 1 unspecified atom stereocenters. The molecule has 0 spiro atoms. The highest BCUT2D eigenvalue weighted by Crippen LogP contribution is 2.03. The summed E-state index contributed by atoms with van der Waals surface area (Å²) in [4.78, 5) is 57.0. The van der Waals surface area contributed by atoms with E-state index in [1.54, 1.807) is 7.85 Å². The van der Waals surface area contributed by atoms with Gasteiger partial charge in [0.25, 0.3) is 5.91 Å². The van der Waals surface area contributed by atoms with Gasteiger partial charge < -0.3 is 25.4 Å². The highest BCUT2D eigenvalue weighted by molar-refractivity contribution is 6.10. The first-order valence-electron chi connectivity index (χ1n) is 8.84. The van der Waals surface area contributed by atoms with Gasteiger partial charge in [-0.2, -0.15) is 0 Å². The van der Waals surface area contributed by atoms with E-state index in [0.717, 1.165) is 0 Å². The Balaban J connectivity index is 4.24. The van der Waals surface area contributed by atoms with Crippen LogP contribution in [-0.2, 0) is 33.4 Å². The van der Waals surface area contributed by atoms with Gasteiger partial charge >= 0.3 is 11.9 Å². The fraction of sp³-hybridized carbons (Fsp3) is 0.688. The predicted octanol–water partition coefficient (Wildman–Crippen LogP) is -2.02. The van der Waals surface area contributed by atoms with Gasteiger partial charge in [0.2, 0.25) is 11.8 Å². The maximum atomic E-state index is 12.1. The van der Waals surface area contributed by atoms with E-state index < -0.39 is 29.8 Å². The van der Waals surface area contributed by atoms with Gasteiger partial charge in [0.05, 0.1) is 13.5 Å². The Hall–Kier alpha value is -2.59. The third kappa shape index (κ3) is 13.3. The van der Waals surface area contributed by atoms with Gasteiger partial charge in [-0.05, 0) is 25.7 Å². The lowest BCUT2D eigenvalue weighted by Crippen LogP contribution is -2.47. The minimum absolute atomic E-state index is 0.0567. The van der Waals surface area contributed by atoms with E-state index in [2.05, 4.69) is 25.4 Å². The molecule has 0 aromatic carbocycles. The Morgan fingerprint density at radius 2 is 1.70 bits per heavy atom. The average molecular weight is 385 g/mol. The van der Waals surface area contributed by atoms with E-state index in [1.165, 1.54) is 14.0 Å². The topological polar surface area (TPSA) is 140 Å². The van der Waals surface area contributed by atoms with E-state index in [9.17, 15) is 24.0 Å². The number of hydrogen-bond donors (Lipinski definition) is 3. The van der Waals surface area contributed by atoms with Crippen LogP contribution in [0.4, 0.5) is 0 Å². The lowest BCUT2D eigenvalue weighted by atomic mass is 10.1. The first kappa shape index (κ1) is 24.4. The molecule has 0 saturated heterocycles. The van der Waals surface area contributed by atoms with Gasteiger partial charge in [0.1, 0.15) is 13.9 Å². The van der Waals surface area contributed by atoms with Gasteiger partial charge in [-0.15, -0.1) is 0 Å². The maximum Gasteiger partial charge on any atom is 0.306 e. The van der Waals surface area contributed by atoms with Crippen LogP contribution in [0.1, 0.15) is 39.0 Å². The summed E-state index contributed by atoms with van der Waals surface area (Å²) in [5.74, 6) is -2.14. The minimum Gasteiger partial charge on any atom is -0.469 e. The molecule has 0 aromatic heterocycles. The second-order valence-corrected chi connectivity index (χ2v) is 5.72. The van der Waals surface area contributed by atoms with Crippen molar-refractivity contribution in [2.75, 3.05) is 26.7 Å². The predicted molar refractivity (Wildman–Crippen MR) is 98.2 cm³/mol. The van der Waals surface area contributed by atoms with Crippen molar-refractivity contribution in [3.63, 3.8) is 0 Å². The molecule has 0 heterocycles. The lowest BCUT2D eigenvalue weighted by Gasteiger charge is -2.18. The Bertz CT molecular complexity index is 528. The maximum absolute atomic E-state index is 12.1. The Morgan fingerprint density at radius 3 is 2.30 bits per heavy atom. The summed E-state index contributed by atoms with van der Waals surface area (Å²) in [5.41, 5.74) is 0. The average Bonchev–Trinajstić information content (AvgIpc) is 2.63. The Labute approximate surface area is 159 Å². The normalized spacial score (nSPS) is 11.0. The molecular formula is C16H28BN3O7. The number of esters is 2. The molecule has 3 amide bonds. The summed E-state index contributed by atoms with van der Waals surface area (Å²) in [6.45, 7) is 1.25. The van der Waals surface area contributed by atoms with Crippen molar-refractivity contribution in [2.24, 2.45) is 0 Å². The van der Waals surface area contributed by atoms with Crippen molar-refractivity contribution in [1.82, 2.24) is 16.0 Å². The number of unbranched alkanes of at least 4 members (excludes halogenated alkanes) is 1. The molecule has 0 bridgehead atoms. The van der Waals surface area contributed by atoms with Crippen LogP contribution < -0.4 is 16.0 Å². The van der Waals surface area contributed by atoms with Crippen LogP contribution in [0.3, 0.4) is 0 Å². The third-order valence-corrected chi connectivity index (χ3v) is 3.43. The van der Waals surface area contributed by atoms with Gasteiger partial charge in [0.15, 0.2) is 6.61 Å². The minimum atomic E-state index is -0.716. The van der Waals surface area contributed by atoms with Crippen molar-refractivity contribution < 1.29 is 33.4 Å². The summed E-state index contributed by atoms with van der Waals surface area (Å²) < 4.78 is 9.04. The number of ether oxygens (including phenoxy) is 2. The number of nitrogens with one attached hydrogen (secondary N) is 3. The fourth-order valence-corrected chi connectivity index (χ4v) is 2.07. The van der Waals surface area contributed by atoms with E-state index >= 15 is 0 Å². The van der Waals surface area contributed by atoms with Gasteiger partial charge in [-0.3, -0.25) is 24.0 Å². The van der Waals surface area contributed by atoms with Crippen LogP contribution in [0, 0.1) is 0 Å². The Morgan fingerprint density at radius 1 is 1.00 bits per heavy atom. The summed E-state index contributed by atoms with van der Waals surface area (Å²) in [7, 11) is 3.01. The molecule has 11 heteroatoms. The standard InChI is InChI=1S/C16H28BN3O7/c1-11(21)27-9-14(23)18-8-4-3-5-12(16(25)19-10-17)20-13(22)6-7-15(24)26-2/h12H,3-10,17H2,1-2H3,(H,18,23)(H,19,25)(H,20,22). The number of carbonyl (C=O) groups is 5. The molecule has 0 aromatic rings. The third-order valence-electron chi connectivity index (χ3n) is 3.43. The van der Waals surface area contributed by atoms with E-state index in [1.807, 2.05) is 0 Å². The number of hydrogen-bond acceptors (Lipinski definition) is 7. The first-order chi connectivity index (χ1) is 12.8. The SMILES string of the molecule is BCNC(=O)C(CCCCNC(=O)COC(C)=O)NC(=O)CCC(=O)OC. The number of methoxy groups -OCH3 is 1. The summed E-state index contributed by atoms with van der Waals surface area (Å²) >= 11 is 0. The quantitative estimate of drug-likeness (QED) is 0.189. The molecule has 1 atom stereocenters. The van der Waals surface area contributed by atoms with E-state index in [-0.39, 0.29) is 25.4 Å². The Kier molecular flexibility index (Phi) is 13.2. The fourth-order valence-electron chi connectivity index (χ4n) is 2.07. The largest absolute Gasteiger partial charge is 0.469 e. The highest BCUT2D eigenvalue weighted by Gasteiger charge is 2.20. The second-order valence-electron chi connectivity index (χ2n) is 5.72. The molecule has 3 N–H and O–H groups in total. The summed E-state index contributed by atoms with van der Waals surface area (Å²) in [6, 6.07) is -0.716. The van der Waals surface area contributed by atoms with Crippen LogP contribution in [-0.4, -0.2) is 70.3 Å². The summed E-state index contributed by atoms with van der Waals surface area (Å²) in [5, 5.41) is 7.85. The van der Waals surface area contributed by atoms with Crippen LogP contribution in [0.15, 0.2) is 0 Å². The monoisotopic (exact) mass is 385 g/mol. The zero-order valence-corrected chi connectivity index (χ0v) is 16.1. The van der Waals surface area contributed by atoms with E-state index in [0.29, 0.717) is 32.3 Å². The van der Waals surface area contributed by atoms with Crippen LogP contribution in [0.25, 0.3) is 0 Å². The molecule has 0 aliphatic carbocycles. The molecule has 0 aliphatic heterocycles. The van der Waals surface area contributed by atoms with Gasteiger partial charge in [0, 0.05) is 19.9 Å². The van der Waals surface area contributed by atoms with Crippen molar-refractivity contribution in [2.45, 2.75) is 45.1 Å². The zero-order chi connectivity index (χ0) is 20.7. The van der Waals surface area contributed by atoms with Gasteiger partial charge in [-0.25, -0.2) is 0 Å². The molecule has 27 heavy (non-hydrogen) atoms. The summed E-state index contributed by atoms with van der Waals surface area (Å²) in [6.07, 6.45) is 1.86. The van der Waals surface area contributed by atoms with Crippen LogP contribution in [0.2, 0.25) is 0 Å². The number of rotatable bonds is 13. The lowest BCUT2D eigenvalue weighted by molar-refractivity contribution is -0.146. The number of carbonyl (C=O) groups excluding carboxylic acids is 5. The zero-order valence-electron chi connectivity index (χ0n) is 16.1. The molecule has 0 saturated carbocycles. The van der Waals surface area contributed by atoms with Crippen molar-refractivity contribution >= 4 is 37.5 Å². The molecule has 152 valence electrons. The van der Waals surface area contributed by atoms with E-state index in [4.69, 9.17) is 0 Å². The first-order valence-corrected chi connectivity index (χ1v) is 8.84.